The molecule has 0 aliphatic carbocycles. The third-order valence-electron chi connectivity index (χ3n) is 4.28. The lowest BCUT2D eigenvalue weighted by molar-refractivity contribution is -0.187. The van der Waals surface area contributed by atoms with E-state index in [0.717, 1.165) is 0 Å². The minimum absolute atomic E-state index is 0.477. The predicted octanol–water partition coefficient (Wildman–Crippen LogP) is -0.794. The molecule has 0 saturated heterocycles. The zero-order valence-corrected chi connectivity index (χ0v) is 14.7. The normalized spacial score (nSPS) is 14.9. The second-order valence-corrected chi connectivity index (χ2v) is 6.10. The maximum atomic E-state index is 12.7. The highest BCUT2D eigenvalue weighted by atomic mass is 16.5. The highest BCUT2D eigenvalue weighted by Crippen LogP contribution is 2.35. The topological polar surface area (TPSA) is 230 Å². The second kappa shape index (κ2) is 7.35. The van der Waals surface area contributed by atoms with Crippen molar-refractivity contribution < 1.29 is 60.0 Å². The standard InChI is InChI=1S/C18H14O12/c19-9-3-1-7(5-11(9)21)13(23)17(29,15(25)26)18(30,16(27)28)14(24)8-2-4-10(20)12(22)6-8/h1-6,19-22,29-30H,(H,25,26)(H,27,28)/t17-,18-/m0/s1. The van der Waals surface area contributed by atoms with E-state index in [9.17, 15) is 60.0 Å². The molecule has 12 nitrogen and oxygen atoms in total. The molecule has 0 radical (unpaired) electrons. The molecule has 0 amide bonds. The molecule has 0 aliphatic heterocycles. The van der Waals surface area contributed by atoms with Gasteiger partial charge in [0.05, 0.1) is 0 Å². The van der Waals surface area contributed by atoms with Crippen LogP contribution in [0.25, 0.3) is 0 Å². The van der Waals surface area contributed by atoms with Crippen molar-refractivity contribution >= 4 is 23.5 Å². The van der Waals surface area contributed by atoms with Gasteiger partial charge in [-0.2, -0.15) is 0 Å². The number of aliphatic carboxylic acids is 2. The minimum atomic E-state index is -4.31. The molecular weight excluding hydrogens is 408 g/mol. The van der Waals surface area contributed by atoms with Gasteiger partial charge in [-0.25, -0.2) is 9.59 Å². The minimum Gasteiger partial charge on any atom is -0.504 e. The number of Topliss-reactive ketones (excluding diaryl/α,β-unsaturated/α-hetero) is 2. The molecular formula is C18H14O12. The molecule has 0 fully saturated rings. The smallest absolute Gasteiger partial charge is 0.348 e. The van der Waals surface area contributed by atoms with Gasteiger partial charge in [0, 0.05) is 11.1 Å². The lowest BCUT2D eigenvalue weighted by atomic mass is 9.73. The van der Waals surface area contributed by atoms with Crippen LogP contribution in [0.5, 0.6) is 23.0 Å². The van der Waals surface area contributed by atoms with Gasteiger partial charge >= 0.3 is 11.9 Å². The monoisotopic (exact) mass is 422 g/mol. The summed E-state index contributed by atoms with van der Waals surface area (Å²) in [4.78, 5) is 48.9. The molecule has 12 heteroatoms. The zero-order chi connectivity index (χ0) is 23.0. The third kappa shape index (κ3) is 3.15. The highest BCUT2D eigenvalue weighted by Gasteiger charge is 2.70. The van der Waals surface area contributed by atoms with Crippen molar-refractivity contribution in [1.82, 2.24) is 0 Å². The van der Waals surface area contributed by atoms with Crippen molar-refractivity contribution in [3.63, 3.8) is 0 Å². The second-order valence-electron chi connectivity index (χ2n) is 6.10. The van der Waals surface area contributed by atoms with Crippen LogP contribution in [0.4, 0.5) is 0 Å². The fourth-order valence-electron chi connectivity index (χ4n) is 2.58. The molecule has 2 atom stereocenters. The van der Waals surface area contributed by atoms with Crippen LogP contribution in [0, 0.1) is 0 Å². The van der Waals surface area contributed by atoms with Gasteiger partial charge in [-0.15, -0.1) is 0 Å². The van der Waals surface area contributed by atoms with Gasteiger partial charge in [-0.3, -0.25) is 9.59 Å². The Hall–Kier alpha value is -4.16. The number of phenols is 4. The summed E-state index contributed by atoms with van der Waals surface area (Å²) in [6.45, 7) is 0. The Kier molecular flexibility index (Phi) is 5.42. The molecule has 0 spiro atoms. The van der Waals surface area contributed by atoms with Crippen LogP contribution in [0.1, 0.15) is 20.7 Å². The van der Waals surface area contributed by atoms with Crippen LogP contribution in [-0.4, -0.2) is 75.6 Å². The number of carbonyl (C=O) groups is 4. The molecule has 0 aliphatic rings. The molecule has 0 unspecified atom stereocenters. The van der Waals surface area contributed by atoms with E-state index in [2.05, 4.69) is 0 Å². The van der Waals surface area contributed by atoms with E-state index in [0.29, 0.717) is 36.4 Å². The van der Waals surface area contributed by atoms with Crippen LogP contribution in [0.3, 0.4) is 0 Å². The van der Waals surface area contributed by atoms with Crippen LogP contribution < -0.4 is 0 Å². The SMILES string of the molecule is O=C(O)[C@@](O)(C(=O)c1ccc(O)c(O)c1)[C@@](O)(C(=O)O)C(=O)c1ccc(O)c(O)c1. The summed E-state index contributed by atoms with van der Waals surface area (Å²) in [5.74, 6) is -12.6. The first-order valence-electron chi connectivity index (χ1n) is 7.83. The first-order chi connectivity index (χ1) is 13.8. The summed E-state index contributed by atoms with van der Waals surface area (Å²) in [5.41, 5.74) is -10.4. The maximum absolute atomic E-state index is 12.7. The molecule has 0 heterocycles. The van der Waals surface area contributed by atoms with E-state index in [1.54, 1.807) is 0 Å². The van der Waals surface area contributed by atoms with E-state index in [1.807, 2.05) is 0 Å². The molecule has 2 aromatic carbocycles. The van der Waals surface area contributed by atoms with Gasteiger partial charge in [0.25, 0.3) is 11.2 Å². The lowest BCUT2D eigenvalue weighted by Gasteiger charge is -2.34. The van der Waals surface area contributed by atoms with E-state index >= 15 is 0 Å². The molecule has 0 saturated carbocycles. The molecule has 8 N–H and O–H groups in total. The Morgan fingerprint density at radius 1 is 0.567 bits per heavy atom. The summed E-state index contributed by atoms with van der Waals surface area (Å²) < 4.78 is 0. The Morgan fingerprint density at radius 2 is 0.867 bits per heavy atom. The van der Waals surface area contributed by atoms with Crippen LogP contribution in [0.2, 0.25) is 0 Å². The number of ketones is 2. The van der Waals surface area contributed by atoms with E-state index in [-0.39, 0.29) is 0 Å². The number of aromatic hydroxyl groups is 4. The van der Waals surface area contributed by atoms with Crippen molar-refractivity contribution in [1.29, 1.82) is 0 Å². The fourth-order valence-corrected chi connectivity index (χ4v) is 2.58. The summed E-state index contributed by atoms with van der Waals surface area (Å²) >= 11 is 0. The van der Waals surface area contributed by atoms with Gasteiger partial charge in [-0.05, 0) is 36.4 Å². The van der Waals surface area contributed by atoms with Gasteiger partial charge in [0.1, 0.15) is 0 Å². The van der Waals surface area contributed by atoms with E-state index in [1.165, 1.54) is 0 Å². The van der Waals surface area contributed by atoms with Crippen molar-refractivity contribution in [2.24, 2.45) is 0 Å². The van der Waals surface area contributed by atoms with Gasteiger partial charge in [-0.1, -0.05) is 0 Å². The van der Waals surface area contributed by atoms with Crippen LogP contribution in [-0.2, 0) is 9.59 Å². The van der Waals surface area contributed by atoms with Crippen molar-refractivity contribution in [2.75, 3.05) is 0 Å². The van der Waals surface area contributed by atoms with Crippen molar-refractivity contribution in [3.8, 4) is 23.0 Å². The Bertz CT molecular complexity index is 989. The fraction of sp³-hybridized carbons (Fsp3) is 0.111. The average Bonchev–Trinajstić information content (AvgIpc) is 2.69. The lowest BCUT2D eigenvalue weighted by Crippen LogP contribution is -2.71. The summed E-state index contributed by atoms with van der Waals surface area (Å²) in [6.07, 6.45) is 0. The summed E-state index contributed by atoms with van der Waals surface area (Å²) in [6, 6.07) is 3.78. The Balaban J connectivity index is 2.74. The number of carboxylic acid groups (broad SMARTS) is 2. The molecule has 158 valence electrons. The van der Waals surface area contributed by atoms with Gasteiger partial charge in [0.2, 0.25) is 11.6 Å². The van der Waals surface area contributed by atoms with E-state index < -0.39 is 68.8 Å². The van der Waals surface area contributed by atoms with Crippen molar-refractivity contribution in [2.45, 2.75) is 11.2 Å². The number of carbonyl (C=O) groups excluding carboxylic acids is 2. The molecule has 2 aromatic rings. The first kappa shape index (κ1) is 22.1. The molecule has 0 bridgehead atoms. The van der Waals surface area contributed by atoms with E-state index in [4.69, 9.17) is 0 Å². The van der Waals surface area contributed by atoms with Gasteiger partial charge < -0.3 is 40.9 Å². The average molecular weight is 422 g/mol. The maximum Gasteiger partial charge on any atom is 0.348 e. The van der Waals surface area contributed by atoms with Gasteiger partial charge in [0.15, 0.2) is 23.0 Å². The zero-order valence-electron chi connectivity index (χ0n) is 14.7. The molecule has 0 aromatic heterocycles. The predicted molar refractivity (Wildman–Crippen MR) is 93.4 cm³/mol. The highest BCUT2D eigenvalue weighted by molar-refractivity contribution is 6.28. The largest absolute Gasteiger partial charge is 0.504 e. The summed E-state index contributed by atoms with van der Waals surface area (Å²) in [5, 5.41) is 77.5. The molecule has 2 rings (SSSR count). The first-order valence-corrected chi connectivity index (χ1v) is 7.83. The number of hydrogen-bond donors (Lipinski definition) is 8. The summed E-state index contributed by atoms with van der Waals surface area (Å²) in [7, 11) is 0. The van der Waals surface area contributed by atoms with Crippen LogP contribution >= 0.6 is 0 Å². The van der Waals surface area contributed by atoms with Crippen LogP contribution in [0.15, 0.2) is 36.4 Å². The third-order valence-corrected chi connectivity index (χ3v) is 4.28. The van der Waals surface area contributed by atoms with Crippen molar-refractivity contribution in [3.05, 3.63) is 47.5 Å². The quantitative estimate of drug-likeness (QED) is 0.156. The number of phenolic OH excluding ortho intramolecular Hbond substituents is 4. The molecule has 30 heavy (non-hydrogen) atoms. The number of rotatable bonds is 7. The number of aliphatic hydroxyl groups is 2. The Labute approximate surface area is 166 Å². The number of carboxylic acids is 2. The number of benzene rings is 2. The number of hydrogen-bond acceptors (Lipinski definition) is 10. The Morgan fingerprint density at radius 3 is 1.10 bits per heavy atom.